The molecule has 1 amide bonds. The predicted molar refractivity (Wildman–Crippen MR) is 73.2 cm³/mol. The van der Waals surface area contributed by atoms with Crippen molar-refractivity contribution >= 4 is 11.9 Å². The fraction of sp³-hybridized carbons (Fsp3) is 0.267. The lowest BCUT2D eigenvalue weighted by Crippen LogP contribution is -2.27. The standard InChI is InChI=1S/C15H14N2O4/c1-8-6-13(17-21-8)14(18)16-12-5-4-9-2-3-10(15(19)20)7-11(9)12/h2-3,6-7,12H,4-5H2,1H3,(H,16,18)(H,19,20)/t12-/m1/s1. The number of carbonyl (C=O) groups is 2. The van der Waals surface area contributed by atoms with Gasteiger partial charge in [-0.2, -0.15) is 0 Å². The van der Waals surface area contributed by atoms with Crippen molar-refractivity contribution in [3.63, 3.8) is 0 Å². The van der Waals surface area contributed by atoms with E-state index in [-0.39, 0.29) is 23.2 Å². The first-order valence-corrected chi connectivity index (χ1v) is 6.65. The van der Waals surface area contributed by atoms with Crippen LogP contribution in [0.1, 0.15) is 50.2 Å². The van der Waals surface area contributed by atoms with Crippen molar-refractivity contribution in [2.75, 3.05) is 0 Å². The molecule has 0 radical (unpaired) electrons. The maximum Gasteiger partial charge on any atom is 0.335 e. The zero-order chi connectivity index (χ0) is 15.0. The highest BCUT2D eigenvalue weighted by Gasteiger charge is 2.26. The zero-order valence-corrected chi connectivity index (χ0v) is 11.4. The van der Waals surface area contributed by atoms with Crippen LogP contribution in [-0.4, -0.2) is 22.1 Å². The molecule has 0 spiro atoms. The molecule has 0 aliphatic heterocycles. The van der Waals surface area contributed by atoms with Gasteiger partial charge >= 0.3 is 5.97 Å². The molecule has 3 rings (SSSR count). The third kappa shape index (κ3) is 2.52. The van der Waals surface area contributed by atoms with Gasteiger partial charge in [-0.3, -0.25) is 4.79 Å². The van der Waals surface area contributed by atoms with E-state index in [4.69, 9.17) is 9.63 Å². The molecule has 21 heavy (non-hydrogen) atoms. The van der Waals surface area contributed by atoms with Crippen LogP contribution >= 0.6 is 0 Å². The molecule has 108 valence electrons. The highest BCUT2D eigenvalue weighted by Crippen LogP contribution is 2.32. The Kier molecular flexibility index (Phi) is 3.21. The molecule has 1 aliphatic carbocycles. The van der Waals surface area contributed by atoms with Crippen molar-refractivity contribution in [2.45, 2.75) is 25.8 Å². The van der Waals surface area contributed by atoms with Crippen LogP contribution in [-0.2, 0) is 6.42 Å². The molecular formula is C15H14N2O4. The van der Waals surface area contributed by atoms with Crippen molar-refractivity contribution < 1.29 is 19.2 Å². The summed E-state index contributed by atoms with van der Waals surface area (Å²) in [4.78, 5) is 23.1. The van der Waals surface area contributed by atoms with E-state index in [9.17, 15) is 9.59 Å². The number of amides is 1. The van der Waals surface area contributed by atoms with Crippen molar-refractivity contribution in [1.29, 1.82) is 0 Å². The molecule has 0 unspecified atom stereocenters. The molecule has 1 aliphatic rings. The summed E-state index contributed by atoms with van der Waals surface area (Å²) in [5.74, 6) is -0.715. The average molecular weight is 286 g/mol. The number of hydrogen-bond donors (Lipinski definition) is 2. The monoisotopic (exact) mass is 286 g/mol. The molecule has 2 N–H and O–H groups in total. The van der Waals surface area contributed by atoms with E-state index in [1.165, 1.54) is 0 Å². The molecule has 6 nitrogen and oxygen atoms in total. The minimum absolute atomic E-state index is 0.191. The van der Waals surface area contributed by atoms with Crippen LogP contribution in [0, 0.1) is 6.92 Å². The number of fused-ring (bicyclic) bond motifs is 1. The topological polar surface area (TPSA) is 92.4 Å². The van der Waals surface area contributed by atoms with Gasteiger partial charge in [0, 0.05) is 6.07 Å². The van der Waals surface area contributed by atoms with Crippen LogP contribution in [0.2, 0.25) is 0 Å². The summed E-state index contributed by atoms with van der Waals surface area (Å²) in [6.45, 7) is 1.72. The fourth-order valence-corrected chi connectivity index (χ4v) is 2.59. The Morgan fingerprint density at radius 3 is 2.86 bits per heavy atom. The third-order valence-electron chi connectivity index (χ3n) is 3.64. The van der Waals surface area contributed by atoms with Gasteiger partial charge in [0.15, 0.2) is 5.69 Å². The molecule has 0 saturated carbocycles. The first kappa shape index (κ1) is 13.4. The van der Waals surface area contributed by atoms with Gasteiger partial charge in [-0.05, 0) is 43.0 Å². The first-order valence-electron chi connectivity index (χ1n) is 6.65. The van der Waals surface area contributed by atoms with Crippen LogP contribution in [0.25, 0.3) is 0 Å². The van der Waals surface area contributed by atoms with Gasteiger partial charge in [-0.25, -0.2) is 4.79 Å². The zero-order valence-electron chi connectivity index (χ0n) is 11.4. The van der Waals surface area contributed by atoms with Crippen molar-refractivity contribution in [3.05, 3.63) is 52.4 Å². The largest absolute Gasteiger partial charge is 0.478 e. The van der Waals surface area contributed by atoms with Crippen LogP contribution in [0.15, 0.2) is 28.8 Å². The molecular weight excluding hydrogens is 272 g/mol. The van der Waals surface area contributed by atoms with E-state index in [0.29, 0.717) is 5.76 Å². The summed E-state index contributed by atoms with van der Waals surface area (Å²) in [5, 5.41) is 15.6. The Morgan fingerprint density at radius 2 is 2.19 bits per heavy atom. The van der Waals surface area contributed by atoms with Crippen LogP contribution in [0.5, 0.6) is 0 Å². The molecule has 0 bridgehead atoms. The van der Waals surface area contributed by atoms with Crippen LogP contribution in [0.4, 0.5) is 0 Å². The van der Waals surface area contributed by atoms with Crippen LogP contribution in [0.3, 0.4) is 0 Å². The van der Waals surface area contributed by atoms with E-state index in [2.05, 4.69) is 10.5 Å². The SMILES string of the molecule is Cc1cc(C(=O)N[C@@H]2CCc3ccc(C(=O)O)cc32)no1. The molecule has 0 saturated heterocycles. The van der Waals surface area contributed by atoms with Crippen molar-refractivity contribution in [1.82, 2.24) is 10.5 Å². The van der Waals surface area contributed by atoms with E-state index < -0.39 is 5.97 Å². The van der Waals surface area contributed by atoms with E-state index in [0.717, 1.165) is 24.0 Å². The summed E-state index contributed by atoms with van der Waals surface area (Å²) < 4.78 is 4.88. The number of rotatable bonds is 3. The molecule has 6 heteroatoms. The second-order valence-corrected chi connectivity index (χ2v) is 5.11. The van der Waals surface area contributed by atoms with E-state index in [1.807, 2.05) is 6.07 Å². The lowest BCUT2D eigenvalue weighted by atomic mass is 10.0. The lowest BCUT2D eigenvalue weighted by molar-refractivity contribution is 0.0696. The Hall–Kier alpha value is -2.63. The normalized spacial score (nSPS) is 16.5. The fourth-order valence-electron chi connectivity index (χ4n) is 2.59. The van der Waals surface area contributed by atoms with Gasteiger partial charge in [0.2, 0.25) is 0 Å². The Balaban J connectivity index is 1.82. The summed E-state index contributed by atoms with van der Waals surface area (Å²) in [6, 6.07) is 6.41. The number of aromatic nitrogens is 1. The number of aromatic carboxylic acids is 1. The first-order chi connectivity index (χ1) is 10.0. The molecule has 1 aromatic heterocycles. The van der Waals surface area contributed by atoms with Gasteiger partial charge in [0.1, 0.15) is 5.76 Å². The summed E-state index contributed by atoms with van der Waals surface area (Å²) >= 11 is 0. The quantitative estimate of drug-likeness (QED) is 0.901. The molecule has 1 heterocycles. The van der Waals surface area contributed by atoms with Crippen molar-refractivity contribution in [3.8, 4) is 0 Å². The highest BCUT2D eigenvalue weighted by atomic mass is 16.5. The second-order valence-electron chi connectivity index (χ2n) is 5.11. The Bertz CT molecular complexity index is 720. The van der Waals surface area contributed by atoms with Gasteiger partial charge in [-0.15, -0.1) is 0 Å². The Labute approximate surface area is 120 Å². The average Bonchev–Trinajstić information content (AvgIpc) is 3.05. The lowest BCUT2D eigenvalue weighted by Gasteiger charge is -2.13. The number of benzene rings is 1. The third-order valence-corrected chi connectivity index (χ3v) is 3.64. The number of carbonyl (C=O) groups excluding carboxylic acids is 1. The summed E-state index contributed by atoms with van der Waals surface area (Å²) in [6.07, 6.45) is 1.57. The molecule has 0 fully saturated rings. The second kappa shape index (κ2) is 5.05. The number of nitrogens with zero attached hydrogens (tertiary/aromatic N) is 1. The smallest absolute Gasteiger partial charge is 0.335 e. The molecule has 1 atom stereocenters. The van der Waals surface area contributed by atoms with E-state index in [1.54, 1.807) is 25.1 Å². The minimum Gasteiger partial charge on any atom is -0.478 e. The number of carboxylic acid groups (broad SMARTS) is 1. The number of hydrogen-bond acceptors (Lipinski definition) is 4. The predicted octanol–water partition coefficient (Wildman–Crippen LogP) is 2.10. The van der Waals surface area contributed by atoms with Gasteiger partial charge in [0.25, 0.3) is 5.91 Å². The number of aryl methyl sites for hydroxylation is 2. The maximum absolute atomic E-state index is 12.1. The highest BCUT2D eigenvalue weighted by molar-refractivity contribution is 5.92. The maximum atomic E-state index is 12.1. The molecule has 1 aromatic carbocycles. The van der Waals surface area contributed by atoms with Gasteiger partial charge < -0.3 is 14.9 Å². The molecule has 2 aromatic rings. The van der Waals surface area contributed by atoms with Crippen molar-refractivity contribution in [2.24, 2.45) is 0 Å². The van der Waals surface area contributed by atoms with Gasteiger partial charge in [0.05, 0.1) is 11.6 Å². The number of carboxylic acids is 1. The van der Waals surface area contributed by atoms with Crippen LogP contribution < -0.4 is 5.32 Å². The summed E-state index contributed by atoms with van der Waals surface area (Å²) in [7, 11) is 0. The van der Waals surface area contributed by atoms with E-state index >= 15 is 0 Å². The number of nitrogens with one attached hydrogen (secondary N) is 1. The minimum atomic E-state index is -0.970. The van der Waals surface area contributed by atoms with Gasteiger partial charge in [-0.1, -0.05) is 11.2 Å². The Morgan fingerprint density at radius 1 is 1.38 bits per heavy atom. The summed E-state index contributed by atoms with van der Waals surface area (Å²) in [5.41, 5.74) is 2.40.